The van der Waals surface area contributed by atoms with Crippen molar-refractivity contribution in [3.8, 4) is 0 Å². The molecule has 0 N–H and O–H groups in total. The van der Waals surface area contributed by atoms with E-state index in [2.05, 4.69) is 0 Å². The molecule has 0 aromatic rings. The van der Waals surface area contributed by atoms with Crippen molar-refractivity contribution < 1.29 is 61.5 Å². The molecule has 0 fully saturated rings. The van der Waals surface area contributed by atoms with Gasteiger partial charge < -0.3 is 0 Å². The topological polar surface area (TPSA) is 0 Å². The van der Waals surface area contributed by atoms with Crippen molar-refractivity contribution >= 4 is 0 Å². The number of rotatable bonds is 3. The lowest BCUT2D eigenvalue weighted by molar-refractivity contribution is -0.408. The van der Waals surface area contributed by atoms with Gasteiger partial charge in [0.1, 0.15) is 0 Å². The molecule has 0 aliphatic rings. The van der Waals surface area contributed by atoms with Crippen LogP contribution < -0.4 is 0 Å². The lowest BCUT2D eigenvalue weighted by Crippen LogP contribution is -2.63. The number of hydrogen-bond acceptors (Lipinski definition) is 0. The third-order valence-corrected chi connectivity index (χ3v) is 1.44. The second-order valence-electron chi connectivity index (χ2n) is 2.82. The van der Waals surface area contributed by atoms with Crippen molar-refractivity contribution in [3.05, 3.63) is 0 Å². The third-order valence-electron chi connectivity index (χ3n) is 1.44. The maximum absolute atomic E-state index is 12.0. The molecule has 20 heavy (non-hydrogen) atoms. The van der Waals surface area contributed by atoms with Crippen LogP contribution >= 0.6 is 0 Å². The molecule has 0 saturated carbocycles. The van der Waals surface area contributed by atoms with Crippen molar-refractivity contribution in [2.24, 2.45) is 0 Å². The van der Waals surface area contributed by atoms with Gasteiger partial charge in [0.25, 0.3) is 0 Å². The number of halogens is 14. The van der Waals surface area contributed by atoms with Crippen molar-refractivity contribution in [1.82, 2.24) is 0 Å². The van der Waals surface area contributed by atoms with Crippen molar-refractivity contribution in [1.29, 1.82) is 0 Å². The van der Waals surface area contributed by atoms with E-state index in [9.17, 15) is 61.5 Å². The average molecular weight is 340 g/mol. The van der Waals surface area contributed by atoms with E-state index < -0.39 is 37.0 Å². The second kappa shape index (κ2) is 6.20. The summed E-state index contributed by atoms with van der Waals surface area (Å²) in [6.45, 7) is -3.67. The maximum atomic E-state index is 12.0. The predicted molar refractivity (Wildman–Crippen MR) is 34.0 cm³/mol. The monoisotopic (exact) mass is 340 g/mol. The van der Waals surface area contributed by atoms with Crippen LogP contribution in [-0.4, -0.2) is 37.0 Å². The van der Waals surface area contributed by atoms with Gasteiger partial charge in [-0.15, -0.1) is 0 Å². The Labute approximate surface area is 99.9 Å². The highest BCUT2D eigenvalue weighted by Crippen LogP contribution is 2.54. The molecule has 0 aromatic heterocycles. The second-order valence-corrected chi connectivity index (χ2v) is 2.82. The van der Waals surface area contributed by atoms with Crippen LogP contribution in [-0.2, 0) is 0 Å². The number of alkyl halides is 14. The quantitative estimate of drug-likeness (QED) is 0.641. The molecule has 0 rings (SSSR count). The summed E-state index contributed by atoms with van der Waals surface area (Å²) >= 11 is 0. The average Bonchev–Trinajstić information content (AvgIpc) is 2.13. The van der Waals surface area contributed by atoms with Crippen molar-refractivity contribution in [2.75, 3.05) is 0 Å². The maximum Gasteiger partial charge on any atom is 0.460 e. The molecule has 0 aromatic carbocycles. The molecule has 0 amide bonds. The van der Waals surface area contributed by atoms with E-state index in [0.717, 1.165) is 0 Å². The fourth-order valence-electron chi connectivity index (χ4n) is 0.524. The summed E-state index contributed by atoms with van der Waals surface area (Å²) in [6.07, 6.45) is -12.4. The Morgan fingerprint density at radius 1 is 0.500 bits per heavy atom. The van der Waals surface area contributed by atoms with Gasteiger partial charge in [0.15, 0.2) is 0 Å². The summed E-state index contributed by atoms with van der Waals surface area (Å²) in [5, 5.41) is 0. The molecule has 0 heterocycles. The van der Waals surface area contributed by atoms with Gasteiger partial charge in [0.05, 0.1) is 0 Å². The van der Waals surface area contributed by atoms with Gasteiger partial charge in [-0.2, -0.15) is 52.7 Å². The zero-order valence-electron chi connectivity index (χ0n) is 8.45. The van der Waals surface area contributed by atoms with Crippen molar-refractivity contribution in [2.45, 2.75) is 37.0 Å². The lowest BCUT2D eigenvalue weighted by Gasteiger charge is -2.32. The van der Waals surface area contributed by atoms with Crippen LogP contribution in [0.4, 0.5) is 61.5 Å². The minimum atomic E-state index is -7.26. The first-order valence-electron chi connectivity index (χ1n) is 3.83. The van der Waals surface area contributed by atoms with Crippen LogP contribution in [0.15, 0.2) is 0 Å². The zero-order chi connectivity index (χ0) is 17.2. The fraction of sp³-hybridized carbons (Fsp3) is 1.00. The first kappa shape index (κ1) is 21.3. The van der Waals surface area contributed by atoms with E-state index in [1.165, 1.54) is 0 Å². The first-order chi connectivity index (χ1) is 8.43. The summed E-state index contributed by atoms with van der Waals surface area (Å²) in [6, 6.07) is 0. The molecule has 0 atom stereocenters. The predicted octanol–water partition coefficient (Wildman–Crippen LogP) is 4.90. The smallest absolute Gasteiger partial charge is 0.203 e. The van der Waals surface area contributed by atoms with Gasteiger partial charge in [0, 0.05) is 0 Å². The van der Waals surface area contributed by atoms with Gasteiger partial charge in [-0.1, -0.05) is 0 Å². The molecular weight excluding hydrogens is 338 g/mol. The van der Waals surface area contributed by atoms with E-state index in [1.54, 1.807) is 0 Å². The van der Waals surface area contributed by atoms with Gasteiger partial charge in [-0.3, -0.25) is 0 Å². The molecule has 124 valence electrons. The molecule has 0 nitrogen and oxygen atoms in total. The molecule has 0 saturated heterocycles. The Morgan fingerprint density at radius 2 is 0.750 bits per heavy atom. The molecule has 14 heteroatoms. The van der Waals surface area contributed by atoms with Gasteiger partial charge >= 0.3 is 37.0 Å². The summed E-state index contributed by atoms with van der Waals surface area (Å²) in [5.74, 6) is -21.3. The Kier molecular flexibility index (Phi) is 6.61. The van der Waals surface area contributed by atoms with E-state index in [-0.39, 0.29) is 0 Å². The van der Waals surface area contributed by atoms with Crippen LogP contribution in [0.2, 0.25) is 0 Å². The van der Waals surface area contributed by atoms with Crippen LogP contribution in [0.5, 0.6) is 0 Å². The molecule has 0 aliphatic carbocycles. The zero-order valence-corrected chi connectivity index (χ0v) is 8.45. The van der Waals surface area contributed by atoms with Gasteiger partial charge in [0.2, 0.25) is 0 Å². The van der Waals surface area contributed by atoms with Crippen LogP contribution in [0.1, 0.15) is 0 Å². The first-order valence-corrected chi connectivity index (χ1v) is 3.83. The Balaban J connectivity index is 0. The van der Waals surface area contributed by atoms with Crippen LogP contribution in [0.3, 0.4) is 0 Å². The molecule has 0 aliphatic heterocycles. The molecule has 0 radical (unpaired) electrons. The summed E-state index contributed by atoms with van der Waals surface area (Å²) < 4.78 is 157. The summed E-state index contributed by atoms with van der Waals surface area (Å²) in [5.41, 5.74) is 0. The van der Waals surface area contributed by atoms with E-state index in [0.29, 0.717) is 0 Å². The fourth-order valence-corrected chi connectivity index (χ4v) is 0.524. The van der Waals surface area contributed by atoms with E-state index in [1.807, 2.05) is 0 Å². The molecular formula is C6H2F14. The Hall–Kier alpha value is -0.980. The Morgan fingerprint density at radius 3 is 0.900 bits per heavy atom. The Bertz CT molecular complexity index is 284. The minimum Gasteiger partial charge on any atom is -0.203 e. The van der Waals surface area contributed by atoms with Gasteiger partial charge in [-0.05, 0) is 0 Å². The van der Waals surface area contributed by atoms with E-state index in [4.69, 9.17) is 0 Å². The molecule has 0 unspecified atom stereocenters. The van der Waals surface area contributed by atoms with Crippen LogP contribution in [0.25, 0.3) is 0 Å². The minimum absolute atomic E-state index is 3.67. The largest absolute Gasteiger partial charge is 0.460 e. The van der Waals surface area contributed by atoms with Gasteiger partial charge in [-0.25, -0.2) is 8.78 Å². The highest BCUT2D eigenvalue weighted by atomic mass is 19.4. The highest BCUT2D eigenvalue weighted by Gasteiger charge is 2.83. The lowest BCUT2D eigenvalue weighted by atomic mass is 10.0. The van der Waals surface area contributed by atoms with Crippen LogP contribution in [0, 0.1) is 0 Å². The standard InChI is InChI=1S/C5HF11.CHF3/c6-1(7)2(8,9)3(10,11)4(12,13)5(14,15)16;2-1(3)4/h1H;1H. The van der Waals surface area contributed by atoms with E-state index >= 15 is 0 Å². The molecule has 0 bridgehead atoms. The highest BCUT2D eigenvalue weighted by molar-refractivity contribution is 5.01. The van der Waals surface area contributed by atoms with Crippen molar-refractivity contribution in [3.63, 3.8) is 0 Å². The normalized spacial score (nSPS) is 14.4. The number of hydrogen-bond donors (Lipinski definition) is 0. The molecule has 0 spiro atoms. The third kappa shape index (κ3) is 4.26. The summed E-state index contributed by atoms with van der Waals surface area (Å²) in [7, 11) is 0. The SMILES string of the molecule is FC(F)C(F)(F)C(F)(F)C(F)(F)C(F)(F)F.FC(F)F. The summed E-state index contributed by atoms with van der Waals surface area (Å²) in [4.78, 5) is 0.